The van der Waals surface area contributed by atoms with Gasteiger partial charge in [0.1, 0.15) is 12.6 Å². The molecule has 4 heteroatoms. The molecule has 1 aliphatic rings. The van der Waals surface area contributed by atoms with E-state index in [-0.39, 0.29) is 12.0 Å². The van der Waals surface area contributed by atoms with Gasteiger partial charge in [-0.1, -0.05) is 60.7 Å². The van der Waals surface area contributed by atoms with Crippen molar-refractivity contribution in [3.05, 3.63) is 71.8 Å². The highest BCUT2D eigenvalue weighted by atomic mass is 16.5. The van der Waals surface area contributed by atoms with Crippen LogP contribution in [0.15, 0.2) is 60.7 Å². The lowest BCUT2D eigenvalue weighted by molar-refractivity contribution is -0.153. The molecular weight excluding hydrogens is 302 g/mol. The van der Waals surface area contributed by atoms with Crippen molar-refractivity contribution in [3.63, 3.8) is 0 Å². The number of morpholine rings is 1. The quantitative estimate of drug-likeness (QED) is 0.766. The summed E-state index contributed by atoms with van der Waals surface area (Å²) in [5.41, 5.74) is 2.15. The number of nitrogens with zero attached hydrogens (tertiary/aromatic N) is 1. The minimum atomic E-state index is -0.264. The third-order valence-corrected chi connectivity index (χ3v) is 4.25. The molecule has 1 fully saturated rings. The van der Waals surface area contributed by atoms with Crippen LogP contribution in [0.2, 0.25) is 0 Å². The van der Waals surface area contributed by atoms with Crippen LogP contribution < -0.4 is 0 Å². The van der Waals surface area contributed by atoms with Gasteiger partial charge in [0.2, 0.25) is 0 Å². The van der Waals surface area contributed by atoms with Crippen LogP contribution in [0, 0.1) is 0 Å². The summed E-state index contributed by atoms with van der Waals surface area (Å²) in [5.74, 6) is -0.162. The molecular formula is C20H23NO3. The Bertz CT molecular complexity index is 624. The van der Waals surface area contributed by atoms with E-state index < -0.39 is 0 Å². The fourth-order valence-electron chi connectivity index (χ4n) is 2.91. The van der Waals surface area contributed by atoms with Crippen molar-refractivity contribution in [2.75, 3.05) is 26.3 Å². The predicted octanol–water partition coefficient (Wildman–Crippen LogP) is 2.67. The first kappa shape index (κ1) is 16.7. The van der Waals surface area contributed by atoms with Crippen LogP contribution in [0.5, 0.6) is 0 Å². The summed E-state index contributed by atoms with van der Waals surface area (Å²) in [7, 11) is 0. The zero-order valence-corrected chi connectivity index (χ0v) is 13.8. The highest BCUT2D eigenvalue weighted by Gasteiger charge is 2.29. The third-order valence-electron chi connectivity index (χ3n) is 4.25. The van der Waals surface area contributed by atoms with Crippen LogP contribution in [0.3, 0.4) is 0 Å². The van der Waals surface area contributed by atoms with Crippen molar-refractivity contribution < 1.29 is 14.3 Å². The van der Waals surface area contributed by atoms with Gasteiger partial charge < -0.3 is 9.47 Å². The smallest absolute Gasteiger partial charge is 0.324 e. The minimum Gasteiger partial charge on any atom is -0.460 e. The highest BCUT2D eigenvalue weighted by molar-refractivity contribution is 5.76. The van der Waals surface area contributed by atoms with Gasteiger partial charge in [0.25, 0.3) is 0 Å². The van der Waals surface area contributed by atoms with Crippen molar-refractivity contribution in [1.82, 2.24) is 4.90 Å². The first-order valence-corrected chi connectivity index (χ1v) is 8.39. The molecule has 0 bridgehead atoms. The largest absolute Gasteiger partial charge is 0.460 e. The number of ether oxygens (including phenoxy) is 2. The molecule has 126 valence electrons. The summed E-state index contributed by atoms with van der Waals surface area (Å²) < 4.78 is 11.0. The second kappa shape index (κ2) is 8.62. The first-order valence-electron chi connectivity index (χ1n) is 8.39. The minimum absolute atomic E-state index is 0.162. The van der Waals surface area contributed by atoms with Crippen LogP contribution in [-0.4, -0.2) is 43.2 Å². The predicted molar refractivity (Wildman–Crippen MR) is 92.6 cm³/mol. The van der Waals surface area contributed by atoms with Crippen LogP contribution in [-0.2, 0) is 27.3 Å². The van der Waals surface area contributed by atoms with Crippen molar-refractivity contribution in [2.24, 2.45) is 0 Å². The molecule has 0 spiro atoms. The molecule has 0 aliphatic carbocycles. The molecule has 3 rings (SSSR count). The normalized spacial score (nSPS) is 16.5. The van der Waals surface area contributed by atoms with Crippen LogP contribution in [0.1, 0.15) is 11.1 Å². The molecule has 0 radical (unpaired) electrons. The lowest BCUT2D eigenvalue weighted by Crippen LogP contribution is -2.49. The molecule has 0 N–H and O–H groups in total. The van der Waals surface area contributed by atoms with Crippen LogP contribution in [0.4, 0.5) is 0 Å². The van der Waals surface area contributed by atoms with Gasteiger partial charge >= 0.3 is 5.97 Å². The molecule has 1 heterocycles. The second-order valence-electron chi connectivity index (χ2n) is 5.95. The highest BCUT2D eigenvalue weighted by Crippen LogP contribution is 2.14. The van der Waals surface area contributed by atoms with Gasteiger partial charge in [0.15, 0.2) is 0 Å². The molecule has 0 amide bonds. The van der Waals surface area contributed by atoms with Gasteiger partial charge in [-0.15, -0.1) is 0 Å². The number of hydrogen-bond acceptors (Lipinski definition) is 4. The number of esters is 1. The first-order chi connectivity index (χ1) is 11.8. The van der Waals surface area contributed by atoms with Gasteiger partial charge in [-0.25, -0.2) is 0 Å². The summed E-state index contributed by atoms with van der Waals surface area (Å²) in [4.78, 5) is 14.9. The van der Waals surface area contributed by atoms with E-state index in [0.717, 1.165) is 24.2 Å². The Morgan fingerprint density at radius 3 is 2.17 bits per heavy atom. The number of carbonyl (C=O) groups excluding carboxylic acids is 1. The Hall–Kier alpha value is -2.17. The summed E-state index contributed by atoms with van der Waals surface area (Å²) in [6.07, 6.45) is 0.661. The number of carbonyl (C=O) groups is 1. The van der Waals surface area contributed by atoms with Gasteiger partial charge in [-0.05, 0) is 17.5 Å². The zero-order valence-electron chi connectivity index (χ0n) is 13.8. The zero-order chi connectivity index (χ0) is 16.6. The average molecular weight is 325 g/mol. The van der Waals surface area contributed by atoms with E-state index in [9.17, 15) is 4.79 Å². The molecule has 4 nitrogen and oxygen atoms in total. The fourth-order valence-corrected chi connectivity index (χ4v) is 2.91. The Labute approximate surface area is 143 Å². The summed E-state index contributed by atoms with van der Waals surface area (Å²) in [6, 6.07) is 19.6. The van der Waals surface area contributed by atoms with E-state index in [1.165, 1.54) is 0 Å². The maximum absolute atomic E-state index is 12.7. The van der Waals surface area contributed by atoms with Crippen molar-refractivity contribution in [1.29, 1.82) is 0 Å². The lowest BCUT2D eigenvalue weighted by Gasteiger charge is -2.33. The van der Waals surface area contributed by atoms with Gasteiger partial charge in [-0.3, -0.25) is 9.69 Å². The fraction of sp³-hybridized carbons (Fsp3) is 0.350. The van der Waals surface area contributed by atoms with E-state index in [4.69, 9.17) is 9.47 Å². The number of rotatable bonds is 6. The summed E-state index contributed by atoms with van der Waals surface area (Å²) in [6.45, 7) is 3.17. The standard InChI is InChI=1S/C20H23NO3/c22-20(24-16-18-9-5-2-6-10-18)19(21-11-13-23-14-12-21)15-17-7-3-1-4-8-17/h1-10,19H,11-16H2/t19-/m0/s1. The molecule has 0 aromatic heterocycles. The van der Waals surface area contributed by atoms with Crippen LogP contribution in [0.25, 0.3) is 0 Å². The Kier molecular flexibility index (Phi) is 5.99. The van der Waals surface area contributed by atoms with E-state index in [1.54, 1.807) is 0 Å². The number of benzene rings is 2. The topological polar surface area (TPSA) is 38.8 Å². The third kappa shape index (κ3) is 4.66. The van der Waals surface area contributed by atoms with E-state index in [0.29, 0.717) is 26.2 Å². The van der Waals surface area contributed by atoms with Crippen LogP contribution >= 0.6 is 0 Å². The van der Waals surface area contributed by atoms with Crippen molar-refractivity contribution in [2.45, 2.75) is 19.1 Å². The molecule has 0 unspecified atom stereocenters. The van der Waals surface area contributed by atoms with Crippen molar-refractivity contribution in [3.8, 4) is 0 Å². The monoisotopic (exact) mass is 325 g/mol. The SMILES string of the molecule is O=C(OCc1ccccc1)[C@H](Cc1ccccc1)N1CCOCC1. The van der Waals surface area contributed by atoms with Crippen molar-refractivity contribution >= 4 is 5.97 Å². The Morgan fingerprint density at radius 2 is 1.54 bits per heavy atom. The maximum Gasteiger partial charge on any atom is 0.324 e. The lowest BCUT2D eigenvalue weighted by atomic mass is 10.0. The molecule has 1 saturated heterocycles. The molecule has 24 heavy (non-hydrogen) atoms. The summed E-state index contributed by atoms with van der Waals surface area (Å²) >= 11 is 0. The van der Waals surface area contributed by atoms with Gasteiger partial charge in [0, 0.05) is 13.1 Å². The Morgan fingerprint density at radius 1 is 0.958 bits per heavy atom. The molecule has 0 saturated carbocycles. The molecule has 1 aliphatic heterocycles. The van der Waals surface area contributed by atoms with Gasteiger partial charge in [0.05, 0.1) is 13.2 Å². The maximum atomic E-state index is 12.7. The van der Waals surface area contributed by atoms with E-state index in [2.05, 4.69) is 17.0 Å². The van der Waals surface area contributed by atoms with E-state index in [1.807, 2.05) is 48.5 Å². The molecule has 2 aromatic carbocycles. The van der Waals surface area contributed by atoms with E-state index >= 15 is 0 Å². The summed E-state index contributed by atoms with van der Waals surface area (Å²) in [5, 5.41) is 0. The number of hydrogen-bond donors (Lipinski definition) is 0. The second-order valence-corrected chi connectivity index (χ2v) is 5.95. The molecule has 1 atom stereocenters. The van der Waals surface area contributed by atoms with Gasteiger partial charge in [-0.2, -0.15) is 0 Å². The average Bonchev–Trinajstić information content (AvgIpc) is 2.66. The Balaban J connectivity index is 1.67. The molecule has 2 aromatic rings.